The summed E-state index contributed by atoms with van der Waals surface area (Å²) >= 11 is 4.73. The predicted molar refractivity (Wildman–Crippen MR) is 128 cm³/mol. The minimum absolute atomic E-state index is 0.298. The van der Waals surface area contributed by atoms with Gasteiger partial charge in [-0.2, -0.15) is 0 Å². The van der Waals surface area contributed by atoms with Crippen molar-refractivity contribution in [1.29, 1.82) is 0 Å². The number of hydrogen-bond acceptors (Lipinski definition) is 7. The summed E-state index contributed by atoms with van der Waals surface area (Å²) in [5.41, 5.74) is 1.54. The van der Waals surface area contributed by atoms with E-state index < -0.39 is 5.25 Å². The number of nitrogens with zero attached hydrogens (tertiary/aromatic N) is 4. The number of rotatable bonds is 11. The van der Waals surface area contributed by atoms with Crippen molar-refractivity contribution >= 4 is 27.7 Å². The second kappa shape index (κ2) is 11.1. The molecular weight excluding hydrogens is 496 g/mol. The molecular formula is C22H23BrN4O4S. The molecule has 0 amide bonds. The van der Waals surface area contributed by atoms with Gasteiger partial charge in [-0.25, -0.2) is 0 Å². The predicted octanol–water partition coefficient (Wildman–Crippen LogP) is 5.41. The van der Waals surface area contributed by atoms with Crippen LogP contribution in [0.15, 0.2) is 64.7 Å². The zero-order valence-electron chi connectivity index (χ0n) is 17.7. The summed E-state index contributed by atoms with van der Waals surface area (Å²) in [5, 5.41) is 20.0. The maximum Gasteiger partial charge on any atom is 0.220 e. The van der Waals surface area contributed by atoms with Gasteiger partial charge >= 0.3 is 0 Å². The highest BCUT2D eigenvalue weighted by molar-refractivity contribution is 9.10. The third-order valence-corrected chi connectivity index (χ3v) is 6.09. The number of ether oxygens (including phenoxy) is 2. The van der Waals surface area contributed by atoms with Crippen LogP contribution in [0.25, 0.3) is 5.69 Å². The quantitative estimate of drug-likeness (QED) is 0.145. The average Bonchev–Trinajstić information content (AvgIpc) is 3.13. The summed E-state index contributed by atoms with van der Waals surface area (Å²) in [6.45, 7) is 8.01. The first-order valence-electron chi connectivity index (χ1n) is 9.89. The van der Waals surface area contributed by atoms with Crippen LogP contribution in [0.1, 0.15) is 23.6 Å². The number of nitro groups is 1. The van der Waals surface area contributed by atoms with E-state index in [4.69, 9.17) is 9.47 Å². The molecule has 1 aromatic heterocycles. The standard InChI is InChI=1S/C22H23BrN4O4S/c1-4-12-31-20-11-6-16(23)13-19(20)21(14-26(28)29)32-22-25-24-15(3)27(22)17-7-9-18(10-8-17)30-5-2/h4,6-11,13,21H,1,5,12,14H2,2-3H3/t21-/m1/s1. The highest BCUT2D eigenvalue weighted by atomic mass is 79.9. The van der Waals surface area contributed by atoms with Crippen LogP contribution < -0.4 is 9.47 Å². The Morgan fingerprint density at radius 2 is 2.00 bits per heavy atom. The van der Waals surface area contributed by atoms with Gasteiger partial charge in [0.15, 0.2) is 5.16 Å². The van der Waals surface area contributed by atoms with Crippen molar-refractivity contribution in [2.75, 3.05) is 19.8 Å². The van der Waals surface area contributed by atoms with Crippen molar-refractivity contribution < 1.29 is 14.4 Å². The van der Waals surface area contributed by atoms with Gasteiger partial charge in [0.2, 0.25) is 6.54 Å². The molecule has 32 heavy (non-hydrogen) atoms. The monoisotopic (exact) mass is 518 g/mol. The van der Waals surface area contributed by atoms with Gasteiger partial charge in [-0.05, 0) is 56.3 Å². The molecule has 0 unspecified atom stereocenters. The molecule has 0 aliphatic carbocycles. The topological polar surface area (TPSA) is 92.3 Å². The molecule has 0 bridgehead atoms. The normalized spacial score (nSPS) is 11.7. The van der Waals surface area contributed by atoms with Crippen molar-refractivity contribution in [3.63, 3.8) is 0 Å². The Kier molecular flexibility index (Phi) is 8.29. The number of aryl methyl sites for hydroxylation is 1. The number of aromatic nitrogens is 3. The van der Waals surface area contributed by atoms with Crippen LogP contribution in [0.4, 0.5) is 0 Å². The van der Waals surface area contributed by atoms with E-state index in [9.17, 15) is 10.1 Å². The maximum atomic E-state index is 11.5. The van der Waals surface area contributed by atoms with Gasteiger partial charge in [-0.3, -0.25) is 14.7 Å². The molecule has 168 valence electrons. The summed E-state index contributed by atoms with van der Waals surface area (Å²) in [7, 11) is 0. The van der Waals surface area contributed by atoms with E-state index in [1.54, 1.807) is 12.1 Å². The highest BCUT2D eigenvalue weighted by Gasteiger charge is 2.27. The lowest BCUT2D eigenvalue weighted by Crippen LogP contribution is -2.12. The van der Waals surface area contributed by atoms with Crippen LogP contribution in [0.5, 0.6) is 11.5 Å². The van der Waals surface area contributed by atoms with Gasteiger partial charge in [0.25, 0.3) is 0 Å². The first kappa shape index (κ1) is 23.8. The van der Waals surface area contributed by atoms with Gasteiger partial charge in [-0.1, -0.05) is 40.3 Å². The fraction of sp³-hybridized carbons (Fsp3) is 0.273. The Morgan fingerprint density at radius 3 is 2.66 bits per heavy atom. The summed E-state index contributed by atoms with van der Waals surface area (Å²) in [4.78, 5) is 11.2. The summed E-state index contributed by atoms with van der Waals surface area (Å²) in [6, 6.07) is 13.0. The van der Waals surface area contributed by atoms with Gasteiger partial charge in [0.1, 0.15) is 29.2 Å². The lowest BCUT2D eigenvalue weighted by molar-refractivity contribution is -0.479. The van der Waals surface area contributed by atoms with Crippen LogP contribution in [0.3, 0.4) is 0 Å². The Labute approximate surface area is 198 Å². The third kappa shape index (κ3) is 5.89. The van der Waals surface area contributed by atoms with Gasteiger partial charge < -0.3 is 9.47 Å². The van der Waals surface area contributed by atoms with E-state index in [2.05, 4.69) is 32.7 Å². The molecule has 1 heterocycles. The highest BCUT2D eigenvalue weighted by Crippen LogP contribution is 2.41. The molecule has 0 aliphatic rings. The van der Waals surface area contributed by atoms with E-state index in [1.807, 2.05) is 54.8 Å². The molecule has 0 spiro atoms. The number of thioether (sulfide) groups is 1. The molecule has 8 nitrogen and oxygen atoms in total. The maximum absolute atomic E-state index is 11.5. The number of benzene rings is 2. The third-order valence-electron chi connectivity index (χ3n) is 4.44. The van der Waals surface area contributed by atoms with E-state index >= 15 is 0 Å². The van der Waals surface area contributed by atoms with Crippen LogP contribution >= 0.6 is 27.7 Å². The Morgan fingerprint density at radius 1 is 1.25 bits per heavy atom. The molecule has 3 aromatic rings. The van der Waals surface area contributed by atoms with Crippen molar-refractivity contribution in [2.24, 2.45) is 0 Å². The van der Waals surface area contributed by atoms with Crippen molar-refractivity contribution in [3.05, 3.63) is 81.1 Å². The molecule has 3 rings (SSSR count). The molecule has 1 atom stereocenters. The SMILES string of the molecule is C=CCOc1ccc(Br)cc1[C@@H](C[N+](=O)[O-])Sc1nnc(C)n1-c1ccc(OCC)cc1. The van der Waals surface area contributed by atoms with Crippen molar-refractivity contribution in [2.45, 2.75) is 24.3 Å². The van der Waals surface area contributed by atoms with Crippen LogP contribution in [-0.2, 0) is 0 Å². The first-order chi connectivity index (χ1) is 15.4. The zero-order valence-corrected chi connectivity index (χ0v) is 20.1. The van der Waals surface area contributed by atoms with E-state index in [1.165, 1.54) is 11.8 Å². The van der Waals surface area contributed by atoms with Gasteiger partial charge in [0, 0.05) is 20.6 Å². The molecule has 2 aromatic carbocycles. The Hall–Kier alpha value is -2.85. The van der Waals surface area contributed by atoms with Crippen LogP contribution in [-0.4, -0.2) is 39.4 Å². The second-order valence-electron chi connectivity index (χ2n) is 6.70. The second-order valence-corrected chi connectivity index (χ2v) is 8.78. The summed E-state index contributed by atoms with van der Waals surface area (Å²) < 4.78 is 14.0. The Balaban J connectivity index is 1.98. The lowest BCUT2D eigenvalue weighted by atomic mass is 10.1. The van der Waals surface area contributed by atoms with E-state index in [0.717, 1.165) is 15.9 Å². The fourth-order valence-corrected chi connectivity index (χ4v) is 4.66. The average molecular weight is 519 g/mol. The molecule has 10 heteroatoms. The minimum Gasteiger partial charge on any atom is -0.494 e. The van der Waals surface area contributed by atoms with E-state index in [-0.39, 0.29) is 11.5 Å². The Bertz CT molecular complexity index is 1090. The van der Waals surface area contributed by atoms with Crippen molar-refractivity contribution in [1.82, 2.24) is 14.8 Å². The first-order valence-corrected chi connectivity index (χ1v) is 11.6. The molecule has 0 radical (unpaired) electrons. The summed E-state index contributed by atoms with van der Waals surface area (Å²) in [5.74, 6) is 2.01. The molecule has 0 N–H and O–H groups in total. The van der Waals surface area contributed by atoms with E-state index in [0.29, 0.717) is 35.5 Å². The fourth-order valence-electron chi connectivity index (χ4n) is 3.09. The largest absolute Gasteiger partial charge is 0.494 e. The van der Waals surface area contributed by atoms with Crippen molar-refractivity contribution in [3.8, 4) is 17.2 Å². The minimum atomic E-state index is -0.549. The number of hydrogen-bond donors (Lipinski definition) is 0. The lowest BCUT2D eigenvalue weighted by Gasteiger charge is -2.18. The van der Waals surface area contributed by atoms with Gasteiger partial charge in [-0.15, -0.1) is 10.2 Å². The van der Waals surface area contributed by atoms with Crippen LogP contribution in [0, 0.1) is 17.0 Å². The molecule has 0 saturated carbocycles. The zero-order chi connectivity index (χ0) is 23.1. The summed E-state index contributed by atoms with van der Waals surface area (Å²) in [6.07, 6.45) is 1.63. The molecule has 0 saturated heterocycles. The number of halogens is 1. The van der Waals surface area contributed by atoms with Crippen LogP contribution in [0.2, 0.25) is 0 Å². The molecule has 0 fully saturated rings. The molecule has 0 aliphatic heterocycles. The smallest absolute Gasteiger partial charge is 0.220 e. The van der Waals surface area contributed by atoms with Gasteiger partial charge in [0.05, 0.1) is 6.61 Å².